The predicted molar refractivity (Wildman–Crippen MR) is 122 cm³/mol. The first-order valence-electron chi connectivity index (χ1n) is 11.4. The monoisotopic (exact) mass is 454 g/mol. The van der Waals surface area contributed by atoms with Crippen LogP contribution in [0, 0.1) is 17.7 Å². The standard InChI is InChI=1S/C27H31FO5/c1-30-26(29)18-31-14-6-5-9-24-23(17-32-16-20-7-3-2-4-8-20)25-15-27(24,19-33-25)21-10-12-22(28)13-11-21/h2-8,10-13,23-25H,9,14-19H2,1H3/b6-5-. The van der Waals surface area contributed by atoms with Gasteiger partial charge in [0.15, 0.2) is 0 Å². The number of halogens is 1. The molecule has 0 radical (unpaired) electrons. The van der Waals surface area contributed by atoms with E-state index in [1.165, 1.54) is 19.2 Å². The lowest BCUT2D eigenvalue weighted by Gasteiger charge is -2.39. The molecule has 4 atom stereocenters. The van der Waals surface area contributed by atoms with E-state index in [4.69, 9.17) is 14.2 Å². The Balaban J connectivity index is 1.44. The lowest BCUT2D eigenvalue weighted by atomic mass is 9.69. The molecule has 5 nitrogen and oxygen atoms in total. The van der Waals surface area contributed by atoms with E-state index in [9.17, 15) is 9.18 Å². The number of hydrogen-bond acceptors (Lipinski definition) is 5. The molecule has 4 unspecified atom stereocenters. The summed E-state index contributed by atoms with van der Waals surface area (Å²) >= 11 is 0. The summed E-state index contributed by atoms with van der Waals surface area (Å²) in [4.78, 5) is 11.2. The van der Waals surface area contributed by atoms with Crippen molar-refractivity contribution in [1.82, 2.24) is 0 Å². The van der Waals surface area contributed by atoms with Gasteiger partial charge >= 0.3 is 5.97 Å². The van der Waals surface area contributed by atoms with Crippen LogP contribution in [0.1, 0.15) is 24.0 Å². The number of carbonyl (C=O) groups excluding carboxylic acids is 1. The van der Waals surface area contributed by atoms with Gasteiger partial charge in [-0.1, -0.05) is 54.6 Å². The fourth-order valence-electron chi connectivity index (χ4n) is 5.22. The third-order valence-electron chi connectivity index (χ3n) is 6.88. The number of carbonyl (C=O) groups is 1. The highest BCUT2D eigenvalue weighted by Gasteiger charge is 2.59. The summed E-state index contributed by atoms with van der Waals surface area (Å²) in [6.07, 6.45) is 5.92. The van der Waals surface area contributed by atoms with Gasteiger partial charge in [-0.2, -0.15) is 0 Å². The predicted octanol–water partition coefficient (Wildman–Crippen LogP) is 4.45. The second-order valence-electron chi connectivity index (χ2n) is 8.79. The Labute approximate surface area is 194 Å². The van der Waals surface area contributed by atoms with Crippen LogP contribution in [-0.2, 0) is 35.8 Å². The third kappa shape index (κ3) is 5.52. The average Bonchev–Trinajstić information content (AvgIpc) is 3.40. The van der Waals surface area contributed by atoms with Gasteiger partial charge in [0.1, 0.15) is 12.4 Å². The zero-order chi connectivity index (χ0) is 23.1. The molecule has 4 rings (SSSR count). The molecule has 176 valence electrons. The normalized spacial score (nSPS) is 26.2. The molecule has 1 aliphatic carbocycles. The molecule has 1 saturated carbocycles. The lowest BCUT2D eigenvalue weighted by molar-refractivity contribution is -0.145. The summed E-state index contributed by atoms with van der Waals surface area (Å²) in [6.45, 7) is 2.10. The van der Waals surface area contributed by atoms with Crippen LogP contribution in [0.25, 0.3) is 0 Å². The molecule has 6 heteroatoms. The molecule has 1 saturated heterocycles. The largest absolute Gasteiger partial charge is 0.467 e. The van der Waals surface area contributed by atoms with Crippen molar-refractivity contribution in [1.29, 1.82) is 0 Å². The first-order valence-corrected chi connectivity index (χ1v) is 11.4. The Hall–Kier alpha value is -2.54. The van der Waals surface area contributed by atoms with Crippen LogP contribution in [0.4, 0.5) is 4.39 Å². The molecule has 2 bridgehead atoms. The van der Waals surface area contributed by atoms with Crippen molar-refractivity contribution in [3.8, 4) is 0 Å². The molecule has 1 aliphatic heterocycles. The fourth-order valence-corrected chi connectivity index (χ4v) is 5.22. The van der Waals surface area contributed by atoms with Crippen molar-refractivity contribution < 1.29 is 28.1 Å². The highest BCUT2D eigenvalue weighted by molar-refractivity contribution is 5.70. The molecule has 0 spiro atoms. The molecule has 0 amide bonds. The number of fused-ring (bicyclic) bond motifs is 2. The Bertz CT molecular complexity index is 929. The first kappa shape index (κ1) is 23.6. The number of hydrogen-bond donors (Lipinski definition) is 0. The van der Waals surface area contributed by atoms with E-state index in [1.807, 2.05) is 36.4 Å². The number of benzene rings is 2. The molecule has 2 fully saturated rings. The SMILES string of the molecule is COC(=O)COC/C=C\CC1C(COCc2ccccc2)C2CC1(c1ccc(F)cc1)CO2. The molecule has 0 N–H and O–H groups in total. The second-order valence-corrected chi connectivity index (χ2v) is 8.79. The fraction of sp³-hybridized carbons (Fsp3) is 0.444. The molecular formula is C27H31FO5. The highest BCUT2D eigenvalue weighted by atomic mass is 19.1. The Kier molecular flexibility index (Phi) is 7.91. The minimum absolute atomic E-state index is 0.0599. The Morgan fingerprint density at radius 1 is 1.12 bits per heavy atom. The van der Waals surface area contributed by atoms with Gasteiger partial charge in [0.25, 0.3) is 0 Å². The lowest BCUT2D eigenvalue weighted by Crippen LogP contribution is -2.41. The molecule has 33 heavy (non-hydrogen) atoms. The zero-order valence-corrected chi connectivity index (χ0v) is 19.0. The van der Waals surface area contributed by atoms with Gasteiger partial charge in [0.05, 0.1) is 39.6 Å². The van der Waals surface area contributed by atoms with Crippen LogP contribution >= 0.6 is 0 Å². The summed E-state index contributed by atoms with van der Waals surface area (Å²) in [7, 11) is 1.34. The number of allylic oxidation sites excluding steroid dienone is 1. The zero-order valence-electron chi connectivity index (χ0n) is 19.0. The number of methoxy groups -OCH3 is 1. The maximum atomic E-state index is 13.6. The van der Waals surface area contributed by atoms with Crippen molar-refractivity contribution in [2.75, 3.05) is 33.5 Å². The smallest absolute Gasteiger partial charge is 0.331 e. The van der Waals surface area contributed by atoms with Crippen molar-refractivity contribution in [3.05, 3.63) is 83.7 Å². The van der Waals surface area contributed by atoms with E-state index in [0.29, 0.717) is 32.3 Å². The van der Waals surface area contributed by atoms with Crippen molar-refractivity contribution in [2.24, 2.45) is 11.8 Å². The van der Waals surface area contributed by atoms with Crippen LogP contribution in [0.15, 0.2) is 66.7 Å². The molecule has 2 aromatic rings. The van der Waals surface area contributed by atoms with Gasteiger partial charge in [0, 0.05) is 11.3 Å². The van der Waals surface area contributed by atoms with Crippen LogP contribution in [0.5, 0.6) is 0 Å². The van der Waals surface area contributed by atoms with Crippen molar-refractivity contribution in [3.63, 3.8) is 0 Å². The average molecular weight is 455 g/mol. The van der Waals surface area contributed by atoms with Crippen LogP contribution in [0.3, 0.4) is 0 Å². The van der Waals surface area contributed by atoms with E-state index >= 15 is 0 Å². The van der Waals surface area contributed by atoms with Crippen molar-refractivity contribution in [2.45, 2.75) is 31.0 Å². The van der Waals surface area contributed by atoms with Crippen LogP contribution < -0.4 is 0 Å². The number of ether oxygens (including phenoxy) is 4. The minimum atomic E-state index is -0.389. The summed E-state index contributed by atoms with van der Waals surface area (Å²) in [6, 6.07) is 17.0. The van der Waals surface area contributed by atoms with Gasteiger partial charge in [-0.3, -0.25) is 0 Å². The number of esters is 1. The van der Waals surface area contributed by atoms with E-state index in [1.54, 1.807) is 0 Å². The van der Waals surface area contributed by atoms with Gasteiger partial charge in [-0.25, -0.2) is 9.18 Å². The van der Waals surface area contributed by atoms with E-state index in [-0.39, 0.29) is 35.8 Å². The van der Waals surface area contributed by atoms with Gasteiger partial charge in [-0.15, -0.1) is 0 Å². The maximum absolute atomic E-state index is 13.6. The van der Waals surface area contributed by atoms with E-state index in [2.05, 4.69) is 22.9 Å². The topological polar surface area (TPSA) is 54.0 Å². The highest BCUT2D eigenvalue weighted by Crippen LogP contribution is 2.56. The summed E-state index contributed by atoms with van der Waals surface area (Å²) in [5, 5.41) is 0. The van der Waals surface area contributed by atoms with Gasteiger partial charge in [0.2, 0.25) is 0 Å². The summed E-state index contributed by atoms with van der Waals surface area (Å²) in [5.41, 5.74) is 2.11. The van der Waals surface area contributed by atoms with E-state index in [0.717, 1.165) is 24.0 Å². The van der Waals surface area contributed by atoms with Gasteiger partial charge in [-0.05, 0) is 42.0 Å². The van der Waals surface area contributed by atoms with Crippen molar-refractivity contribution >= 4 is 5.97 Å². The van der Waals surface area contributed by atoms with E-state index < -0.39 is 0 Å². The molecule has 0 aromatic heterocycles. The second kappa shape index (κ2) is 11.1. The molecule has 2 aromatic carbocycles. The molecule has 1 heterocycles. The van der Waals surface area contributed by atoms with Crippen LogP contribution in [-0.4, -0.2) is 45.6 Å². The minimum Gasteiger partial charge on any atom is -0.467 e. The molecule has 2 aliphatic rings. The summed E-state index contributed by atoms with van der Waals surface area (Å²) in [5.74, 6) is -0.0763. The maximum Gasteiger partial charge on any atom is 0.331 e. The molecular weight excluding hydrogens is 423 g/mol. The van der Waals surface area contributed by atoms with Crippen LogP contribution in [0.2, 0.25) is 0 Å². The Morgan fingerprint density at radius 2 is 1.91 bits per heavy atom. The Morgan fingerprint density at radius 3 is 2.67 bits per heavy atom. The van der Waals surface area contributed by atoms with Gasteiger partial charge < -0.3 is 18.9 Å². The quantitative estimate of drug-likeness (QED) is 0.285. The third-order valence-corrected chi connectivity index (χ3v) is 6.88. The summed E-state index contributed by atoms with van der Waals surface area (Å²) < 4.78 is 35.8. The first-order chi connectivity index (χ1) is 16.1. The number of rotatable bonds is 11.